The van der Waals surface area contributed by atoms with E-state index in [0.717, 1.165) is 0 Å². The summed E-state index contributed by atoms with van der Waals surface area (Å²) in [7, 11) is 0. The highest BCUT2D eigenvalue weighted by atomic mass is 79.9. The predicted molar refractivity (Wildman–Crippen MR) is 66.2 cm³/mol. The van der Waals surface area contributed by atoms with Gasteiger partial charge in [0.25, 0.3) is 5.91 Å². The lowest BCUT2D eigenvalue weighted by Gasteiger charge is -2.08. The molecule has 100 valence electrons. The van der Waals surface area contributed by atoms with E-state index in [9.17, 15) is 22.4 Å². The van der Waals surface area contributed by atoms with Gasteiger partial charge in [-0.2, -0.15) is 0 Å². The molecule has 0 saturated carbocycles. The molecular formula is C11H4BrF4NOS. The van der Waals surface area contributed by atoms with Crippen molar-refractivity contribution in [1.29, 1.82) is 0 Å². The fourth-order valence-electron chi connectivity index (χ4n) is 1.30. The smallest absolute Gasteiger partial charge is 0.256 e. The van der Waals surface area contributed by atoms with Gasteiger partial charge < -0.3 is 5.32 Å². The Labute approximate surface area is 117 Å². The highest BCUT2D eigenvalue weighted by Gasteiger charge is 2.21. The Kier molecular flexibility index (Phi) is 3.91. The lowest BCUT2D eigenvalue weighted by Crippen LogP contribution is -2.15. The van der Waals surface area contributed by atoms with E-state index in [1.54, 1.807) is 5.32 Å². The van der Waals surface area contributed by atoms with Crippen LogP contribution >= 0.6 is 27.3 Å². The highest BCUT2D eigenvalue weighted by molar-refractivity contribution is 9.11. The Balaban J connectivity index is 2.36. The van der Waals surface area contributed by atoms with Gasteiger partial charge in [-0.25, -0.2) is 17.6 Å². The van der Waals surface area contributed by atoms with E-state index in [-0.39, 0.29) is 11.6 Å². The molecule has 19 heavy (non-hydrogen) atoms. The number of amides is 1. The Bertz CT molecular complexity index is 632. The number of anilines is 1. The molecule has 0 fully saturated rings. The van der Waals surface area contributed by atoms with Crippen LogP contribution < -0.4 is 5.32 Å². The predicted octanol–water partition coefficient (Wildman–Crippen LogP) is 4.32. The van der Waals surface area contributed by atoms with E-state index in [1.165, 1.54) is 22.8 Å². The summed E-state index contributed by atoms with van der Waals surface area (Å²) in [4.78, 5) is 11.7. The van der Waals surface area contributed by atoms with E-state index in [2.05, 4.69) is 15.9 Å². The molecule has 0 unspecified atom stereocenters. The minimum Gasteiger partial charge on any atom is -0.317 e. The standard InChI is InChI=1S/C11H4BrF4NOS/c12-7-1-4(3-19-7)11(18)17-10-8(15)5(13)2-6(14)9(10)16/h1-3H,(H,17,18). The molecule has 0 spiro atoms. The van der Waals surface area contributed by atoms with Crippen molar-refractivity contribution in [2.75, 3.05) is 5.32 Å². The molecule has 1 aromatic heterocycles. The van der Waals surface area contributed by atoms with Crippen LogP contribution in [0.2, 0.25) is 0 Å². The normalized spacial score (nSPS) is 10.6. The quantitative estimate of drug-likeness (QED) is 0.632. The van der Waals surface area contributed by atoms with Gasteiger partial charge in [0.1, 0.15) is 5.69 Å². The Morgan fingerprint density at radius 1 is 1.11 bits per heavy atom. The van der Waals surface area contributed by atoms with E-state index in [1.807, 2.05) is 0 Å². The largest absolute Gasteiger partial charge is 0.317 e. The molecule has 0 aliphatic carbocycles. The minimum absolute atomic E-state index is 0.0709. The third-order valence-corrected chi connectivity index (χ3v) is 3.68. The number of hydrogen-bond donors (Lipinski definition) is 1. The van der Waals surface area contributed by atoms with Crippen molar-refractivity contribution in [2.45, 2.75) is 0 Å². The van der Waals surface area contributed by atoms with Gasteiger partial charge in [-0.1, -0.05) is 0 Å². The van der Waals surface area contributed by atoms with Gasteiger partial charge in [-0.3, -0.25) is 4.79 Å². The first kappa shape index (κ1) is 14.0. The van der Waals surface area contributed by atoms with Crippen molar-refractivity contribution in [3.8, 4) is 0 Å². The molecule has 0 saturated heterocycles. The van der Waals surface area contributed by atoms with Gasteiger partial charge >= 0.3 is 0 Å². The summed E-state index contributed by atoms with van der Waals surface area (Å²) in [5, 5.41) is 3.23. The third kappa shape index (κ3) is 2.79. The van der Waals surface area contributed by atoms with Crippen LogP contribution in [-0.2, 0) is 0 Å². The second-order valence-corrected chi connectivity index (χ2v) is 5.73. The summed E-state index contributed by atoms with van der Waals surface area (Å²) in [5.41, 5.74) is -1.04. The molecule has 0 aliphatic rings. The van der Waals surface area contributed by atoms with Crippen molar-refractivity contribution in [3.05, 3.63) is 50.1 Å². The maximum atomic E-state index is 13.3. The first-order chi connectivity index (χ1) is 8.90. The molecule has 0 aliphatic heterocycles. The molecule has 1 N–H and O–H groups in total. The number of thiophene rings is 1. The molecule has 1 amide bonds. The fourth-order valence-corrected chi connectivity index (χ4v) is 2.43. The average Bonchev–Trinajstić information content (AvgIpc) is 2.79. The van der Waals surface area contributed by atoms with Crippen molar-refractivity contribution in [1.82, 2.24) is 0 Å². The van der Waals surface area contributed by atoms with E-state index >= 15 is 0 Å². The maximum absolute atomic E-state index is 13.3. The molecule has 1 aromatic carbocycles. The first-order valence-electron chi connectivity index (χ1n) is 4.78. The van der Waals surface area contributed by atoms with Gasteiger partial charge in [0.05, 0.1) is 9.35 Å². The van der Waals surface area contributed by atoms with Crippen LogP contribution in [0.1, 0.15) is 10.4 Å². The molecule has 0 bridgehead atoms. The van der Waals surface area contributed by atoms with Crippen LogP contribution in [0.4, 0.5) is 23.2 Å². The summed E-state index contributed by atoms with van der Waals surface area (Å²) in [6.07, 6.45) is 0. The van der Waals surface area contributed by atoms with Crippen molar-refractivity contribution in [3.63, 3.8) is 0 Å². The van der Waals surface area contributed by atoms with Gasteiger partial charge in [-0.15, -0.1) is 11.3 Å². The summed E-state index contributed by atoms with van der Waals surface area (Å²) in [6, 6.07) is 1.48. The SMILES string of the molecule is O=C(Nc1c(F)c(F)cc(F)c1F)c1csc(Br)c1. The van der Waals surface area contributed by atoms with Crippen LogP contribution in [0, 0.1) is 23.3 Å². The second-order valence-electron chi connectivity index (χ2n) is 3.44. The Morgan fingerprint density at radius 3 is 2.16 bits per heavy atom. The molecule has 1 heterocycles. The summed E-state index contributed by atoms with van der Waals surface area (Å²) in [6.45, 7) is 0. The fraction of sp³-hybridized carbons (Fsp3) is 0. The number of carbonyl (C=O) groups excluding carboxylic acids is 1. The molecule has 2 rings (SSSR count). The van der Waals surface area contributed by atoms with Crippen molar-refractivity contribution >= 4 is 38.9 Å². The zero-order chi connectivity index (χ0) is 14.2. The number of rotatable bonds is 2. The molecule has 0 radical (unpaired) electrons. The molecule has 0 atom stereocenters. The van der Waals surface area contributed by atoms with Gasteiger partial charge in [0.15, 0.2) is 23.3 Å². The number of nitrogens with one attached hydrogen (secondary N) is 1. The molecular weight excluding hydrogens is 350 g/mol. The average molecular weight is 354 g/mol. The van der Waals surface area contributed by atoms with Gasteiger partial charge in [0, 0.05) is 11.4 Å². The lowest BCUT2D eigenvalue weighted by molar-refractivity contribution is 0.102. The van der Waals surface area contributed by atoms with E-state index in [4.69, 9.17) is 0 Å². The Hall–Kier alpha value is -1.41. The summed E-state index contributed by atoms with van der Waals surface area (Å²) < 4.78 is 53.1. The Morgan fingerprint density at radius 2 is 1.68 bits per heavy atom. The molecule has 2 aromatic rings. The van der Waals surface area contributed by atoms with E-state index in [0.29, 0.717) is 3.79 Å². The minimum atomic E-state index is -1.65. The topological polar surface area (TPSA) is 29.1 Å². The third-order valence-electron chi connectivity index (χ3n) is 2.18. The number of benzene rings is 1. The van der Waals surface area contributed by atoms with Crippen LogP contribution in [0.3, 0.4) is 0 Å². The van der Waals surface area contributed by atoms with Crippen LogP contribution in [0.5, 0.6) is 0 Å². The first-order valence-corrected chi connectivity index (χ1v) is 6.45. The van der Waals surface area contributed by atoms with Gasteiger partial charge in [-0.05, 0) is 22.0 Å². The number of carbonyl (C=O) groups is 1. The monoisotopic (exact) mass is 353 g/mol. The van der Waals surface area contributed by atoms with Crippen molar-refractivity contribution < 1.29 is 22.4 Å². The van der Waals surface area contributed by atoms with Crippen LogP contribution in [0.25, 0.3) is 0 Å². The highest BCUT2D eigenvalue weighted by Crippen LogP contribution is 2.26. The zero-order valence-electron chi connectivity index (χ0n) is 8.94. The van der Waals surface area contributed by atoms with Crippen LogP contribution in [0.15, 0.2) is 21.3 Å². The maximum Gasteiger partial charge on any atom is 0.256 e. The number of hydrogen-bond acceptors (Lipinski definition) is 2. The summed E-state index contributed by atoms with van der Waals surface area (Å²) in [5.74, 6) is -7.34. The molecule has 8 heteroatoms. The summed E-state index contributed by atoms with van der Waals surface area (Å²) >= 11 is 4.29. The van der Waals surface area contributed by atoms with E-state index < -0.39 is 34.9 Å². The van der Waals surface area contributed by atoms with Crippen LogP contribution in [-0.4, -0.2) is 5.91 Å². The number of halogens is 5. The van der Waals surface area contributed by atoms with Crippen molar-refractivity contribution in [2.24, 2.45) is 0 Å². The van der Waals surface area contributed by atoms with Gasteiger partial charge in [0.2, 0.25) is 0 Å². The zero-order valence-corrected chi connectivity index (χ0v) is 11.3. The molecule has 2 nitrogen and oxygen atoms in total. The second kappa shape index (κ2) is 5.30. The lowest BCUT2D eigenvalue weighted by atomic mass is 10.2.